The van der Waals surface area contributed by atoms with Gasteiger partial charge in [-0.05, 0) is 36.8 Å². The molecule has 0 saturated heterocycles. The molecule has 2 aromatic carbocycles. The molecule has 0 saturated carbocycles. The lowest BCUT2D eigenvalue weighted by Crippen LogP contribution is -2.33. The zero-order chi connectivity index (χ0) is 22.1. The van der Waals surface area contributed by atoms with Gasteiger partial charge in [0.2, 0.25) is 0 Å². The number of phenolic OH excluding ortho intramolecular Hbond substituents is 1. The van der Waals surface area contributed by atoms with Gasteiger partial charge in [0.1, 0.15) is 11.9 Å². The Morgan fingerprint density at radius 1 is 1.17 bits per heavy atom. The fourth-order valence-electron chi connectivity index (χ4n) is 2.69. The molecule has 30 heavy (non-hydrogen) atoms. The number of rotatable bonds is 8. The lowest BCUT2D eigenvalue weighted by molar-refractivity contribution is -0.141. The summed E-state index contributed by atoms with van der Waals surface area (Å²) in [7, 11) is 0. The summed E-state index contributed by atoms with van der Waals surface area (Å²) in [5.74, 6) is -1.50. The lowest BCUT2D eigenvalue weighted by atomic mass is 9.94. The minimum atomic E-state index is -0.951. The van der Waals surface area contributed by atoms with E-state index < -0.39 is 24.1 Å². The maximum Gasteiger partial charge on any atom is 0.414 e. The van der Waals surface area contributed by atoms with E-state index in [0.29, 0.717) is 22.0 Å². The van der Waals surface area contributed by atoms with Crippen molar-refractivity contribution in [3.63, 3.8) is 0 Å². The molecule has 0 aliphatic carbocycles. The number of ether oxygens (including phenoxy) is 2. The van der Waals surface area contributed by atoms with Crippen molar-refractivity contribution >= 4 is 46.5 Å². The van der Waals surface area contributed by atoms with Gasteiger partial charge in [0.25, 0.3) is 5.91 Å². The zero-order valence-corrected chi connectivity index (χ0v) is 18.7. The smallest absolute Gasteiger partial charge is 0.414 e. The topological polar surface area (TPSA) is 102 Å². The number of halogens is 1. The molecule has 9 heteroatoms. The summed E-state index contributed by atoms with van der Waals surface area (Å²) < 4.78 is 11.2. The molecule has 2 aromatic rings. The number of thiol groups is 1. The van der Waals surface area contributed by atoms with Crippen molar-refractivity contribution in [2.45, 2.75) is 19.4 Å². The number of carbonyl (C=O) groups is 3. The van der Waals surface area contributed by atoms with Crippen molar-refractivity contribution in [1.82, 2.24) is 5.32 Å². The number of imide groups is 1. The summed E-state index contributed by atoms with van der Waals surface area (Å²) in [6.07, 6.45) is -1.48. The maximum atomic E-state index is 12.4. The third-order valence-electron chi connectivity index (χ3n) is 4.26. The van der Waals surface area contributed by atoms with Crippen LogP contribution in [0.4, 0.5) is 4.79 Å². The quantitative estimate of drug-likeness (QED) is 0.373. The molecule has 160 valence electrons. The molecule has 0 aliphatic heterocycles. The fraction of sp³-hybridized carbons (Fsp3) is 0.286. The normalized spacial score (nSPS) is 12.5. The van der Waals surface area contributed by atoms with E-state index in [-0.39, 0.29) is 24.0 Å². The van der Waals surface area contributed by atoms with Crippen molar-refractivity contribution in [2.75, 3.05) is 12.4 Å². The molecular formula is C21H22BrNO6S. The minimum absolute atomic E-state index is 0.0370. The molecule has 0 aromatic heterocycles. The molecule has 0 spiro atoms. The number of carbonyl (C=O) groups excluding carboxylic acids is 3. The molecular weight excluding hydrogens is 474 g/mol. The summed E-state index contributed by atoms with van der Waals surface area (Å²) >= 11 is 7.18. The van der Waals surface area contributed by atoms with E-state index in [9.17, 15) is 19.5 Å². The molecule has 2 amide bonds. The standard InChI is InChI=1S/C21H22BrNO6S/c1-13(9-10-28-18(25)12-30)19(16-11-15(22)7-8-17(16)24)29-21(27)23-20(26)14-5-3-2-4-6-14/h2-8,11,13,19,24,30H,9-10,12H2,1H3,(H,23,26,27)/t13-,19+/m0/s1. The van der Waals surface area contributed by atoms with Crippen LogP contribution < -0.4 is 5.32 Å². The van der Waals surface area contributed by atoms with Gasteiger partial charge in [-0.1, -0.05) is 41.1 Å². The van der Waals surface area contributed by atoms with Crippen LogP contribution in [-0.4, -0.2) is 35.4 Å². The molecule has 0 bridgehead atoms. The third kappa shape index (κ3) is 7.07. The van der Waals surface area contributed by atoms with Crippen LogP contribution in [0.15, 0.2) is 53.0 Å². The van der Waals surface area contributed by atoms with Gasteiger partial charge >= 0.3 is 12.1 Å². The molecule has 0 aliphatic rings. The monoisotopic (exact) mass is 495 g/mol. The van der Waals surface area contributed by atoms with Gasteiger partial charge in [0.05, 0.1) is 12.4 Å². The number of amides is 2. The number of esters is 1. The van der Waals surface area contributed by atoms with Crippen LogP contribution in [0.25, 0.3) is 0 Å². The zero-order valence-electron chi connectivity index (χ0n) is 16.2. The Labute approximate surface area is 188 Å². The van der Waals surface area contributed by atoms with Crippen molar-refractivity contribution < 1.29 is 29.0 Å². The SMILES string of the molecule is C[C@@H](CCOC(=O)CS)[C@@H](OC(=O)NC(=O)c1ccccc1)c1cc(Br)ccc1O. The number of alkyl carbamates (subject to hydrolysis) is 1. The van der Waals surface area contributed by atoms with Gasteiger partial charge in [-0.3, -0.25) is 14.9 Å². The number of hydrogen-bond acceptors (Lipinski definition) is 7. The first kappa shape index (κ1) is 23.8. The van der Waals surface area contributed by atoms with Crippen molar-refractivity contribution in [3.8, 4) is 5.75 Å². The average molecular weight is 496 g/mol. The summed E-state index contributed by atoms with van der Waals surface area (Å²) in [4.78, 5) is 35.9. The van der Waals surface area contributed by atoms with E-state index in [4.69, 9.17) is 9.47 Å². The van der Waals surface area contributed by atoms with Crippen LogP contribution in [0.3, 0.4) is 0 Å². The Morgan fingerprint density at radius 3 is 2.53 bits per heavy atom. The lowest BCUT2D eigenvalue weighted by Gasteiger charge is -2.25. The molecule has 2 rings (SSSR count). The number of hydrogen-bond donors (Lipinski definition) is 3. The number of benzene rings is 2. The molecule has 2 atom stereocenters. The molecule has 0 heterocycles. The van der Waals surface area contributed by atoms with Crippen molar-refractivity contribution in [1.29, 1.82) is 0 Å². The highest BCUT2D eigenvalue weighted by Crippen LogP contribution is 2.36. The van der Waals surface area contributed by atoms with Crippen molar-refractivity contribution in [3.05, 3.63) is 64.1 Å². The highest BCUT2D eigenvalue weighted by molar-refractivity contribution is 9.10. The van der Waals surface area contributed by atoms with E-state index in [1.807, 2.05) is 0 Å². The van der Waals surface area contributed by atoms with Crippen LogP contribution in [0, 0.1) is 5.92 Å². The van der Waals surface area contributed by atoms with Crippen LogP contribution in [0.2, 0.25) is 0 Å². The van der Waals surface area contributed by atoms with E-state index in [1.165, 1.54) is 6.07 Å². The van der Waals surface area contributed by atoms with Gasteiger partial charge in [-0.25, -0.2) is 4.79 Å². The van der Waals surface area contributed by atoms with Gasteiger partial charge in [-0.15, -0.1) is 0 Å². The highest BCUT2D eigenvalue weighted by atomic mass is 79.9. The average Bonchev–Trinajstić information content (AvgIpc) is 2.74. The first-order valence-corrected chi connectivity index (χ1v) is 10.6. The number of phenols is 1. The Morgan fingerprint density at radius 2 is 1.87 bits per heavy atom. The Bertz CT molecular complexity index is 892. The fourth-order valence-corrected chi connectivity index (χ4v) is 3.16. The van der Waals surface area contributed by atoms with Crippen LogP contribution >= 0.6 is 28.6 Å². The number of nitrogens with one attached hydrogen (secondary N) is 1. The van der Waals surface area contributed by atoms with Crippen LogP contribution in [0.1, 0.15) is 35.4 Å². The van der Waals surface area contributed by atoms with Gasteiger partial charge in [0, 0.05) is 21.5 Å². The summed E-state index contributed by atoms with van der Waals surface area (Å²) in [6, 6.07) is 13.0. The summed E-state index contributed by atoms with van der Waals surface area (Å²) in [5.41, 5.74) is 0.669. The Kier molecular flexibility index (Phi) is 9.19. The van der Waals surface area contributed by atoms with Crippen molar-refractivity contribution in [2.24, 2.45) is 5.92 Å². The molecule has 7 nitrogen and oxygen atoms in total. The van der Waals surface area contributed by atoms with Crippen LogP contribution in [-0.2, 0) is 14.3 Å². The highest BCUT2D eigenvalue weighted by Gasteiger charge is 2.27. The first-order valence-electron chi connectivity index (χ1n) is 9.13. The van der Waals surface area contributed by atoms with E-state index in [2.05, 4.69) is 33.9 Å². The second-order valence-electron chi connectivity index (χ2n) is 6.49. The Balaban J connectivity index is 2.14. The van der Waals surface area contributed by atoms with E-state index in [1.54, 1.807) is 49.4 Å². The third-order valence-corrected chi connectivity index (χ3v) is 5.02. The first-order chi connectivity index (χ1) is 14.3. The summed E-state index contributed by atoms with van der Waals surface area (Å²) in [6.45, 7) is 1.88. The maximum absolute atomic E-state index is 12.4. The Hall–Kier alpha value is -2.52. The van der Waals surface area contributed by atoms with Crippen LogP contribution in [0.5, 0.6) is 5.75 Å². The predicted molar refractivity (Wildman–Crippen MR) is 118 cm³/mol. The van der Waals surface area contributed by atoms with Gasteiger partial charge in [-0.2, -0.15) is 12.6 Å². The summed E-state index contributed by atoms with van der Waals surface area (Å²) in [5, 5.41) is 12.5. The molecule has 2 N–H and O–H groups in total. The molecule has 0 fully saturated rings. The predicted octanol–water partition coefficient (Wildman–Crippen LogP) is 4.26. The van der Waals surface area contributed by atoms with Gasteiger partial charge in [0.15, 0.2) is 0 Å². The number of aromatic hydroxyl groups is 1. The largest absolute Gasteiger partial charge is 0.508 e. The van der Waals surface area contributed by atoms with Gasteiger partial charge < -0.3 is 14.6 Å². The second kappa shape index (κ2) is 11.6. The van der Waals surface area contributed by atoms with E-state index in [0.717, 1.165) is 0 Å². The molecule has 0 radical (unpaired) electrons. The minimum Gasteiger partial charge on any atom is -0.508 e. The molecule has 0 unspecified atom stereocenters. The van der Waals surface area contributed by atoms with E-state index >= 15 is 0 Å². The second-order valence-corrected chi connectivity index (χ2v) is 7.73.